The number of carbonyl (C=O) groups excluding carboxylic acids is 2. The summed E-state index contributed by atoms with van der Waals surface area (Å²) in [5.41, 5.74) is -0.233. The molecule has 4 rings (SSSR count). The number of benzene rings is 2. The summed E-state index contributed by atoms with van der Waals surface area (Å²) < 4.78 is 10.9. The molecule has 0 saturated carbocycles. The molecule has 1 atom stereocenters. The predicted octanol–water partition coefficient (Wildman–Crippen LogP) is 2.17. The van der Waals surface area contributed by atoms with E-state index in [2.05, 4.69) is 5.32 Å². The van der Waals surface area contributed by atoms with E-state index in [0.29, 0.717) is 18.0 Å². The molecule has 0 bridgehead atoms. The third kappa shape index (κ3) is 3.43. The number of anilines is 1. The SMILES string of the molecule is CN1Cc2cc3c(cc2C(C)(CCC(=O)Nc2c(O)ccc(C(=O)O)c2O)C1=O)OCO3. The number of carbonyl (C=O) groups is 3. The van der Waals surface area contributed by atoms with E-state index in [0.717, 1.165) is 23.3 Å². The number of amides is 2. The van der Waals surface area contributed by atoms with Crippen LogP contribution in [0.3, 0.4) is 0 Å². The topological polar surface area (TPSA) is 146 Å². The van der Waals surface area contributed by atoms with Crippen molar-refractivity contribution in [3.8, 4) is 23.0 Å². The van der Waals surface area contributed by atoms with Crippen molar-refractivity contribution >= 4 is 23.5 Å². The Labute approximate surface area is 183 Å². The molecule has 2 aromatic carbocycles. The van der Waals surface area contributed by atoms with Gasteiger partial charge in [0.25, 0.3) is 0 Å². The van der Waals surface area contributed by atoms with E-state index in [1.165, 1.54) is 0 Å². The maximum Gasteiger partial charge on any atom is 0.339 e. The molecule has 2 aliphatic heterocycles. The van der Waals surface area contributed by atoms with Gasteiger partial charge in [-0.2, -0.15) is 0 Å². The number of nitrogens with one attached hydrogen (secondary N) is 1. The lowest BCUT2D eigenvalue weighted by atomic mass is 9.72. The number of carboxylic acids is 1. The summed E-state index contributed by atoms with van der Waals surface area (Å²) >= 11 is 0. The maximum absolute atomic E-state index is 13.1. The molecule has 1 unspecified atom stereocenters. The van der Waals surface area contributed by atoms with Crippen molar-refractivity contribution in [3.05, 3.63) is 41.0 Å². The molecule has 4 N–H and O–H groups in total. The van der Waals surface area contributed by atoms with Crippen LogP contribution in [0.25, 0.3) is 0 Å². The number of likely N-dealkylation sites (N-methyl/N-ethyl adjacent to an activating group) is 1. The summed E-state index contributed by atoms with van der Waals surface area (Å²) in [5.74, 6) is -2.23. The first-order valence-corrected chi connectivity index (χ1v) is 9.88. The van der Waals surface area contributed by atoms with E-state index >= 15 is 0 Å². The first-order valence-electron chi connectivity index (χ1n) is 9.88. The fraction of sp³-hybridized carbons (Fsp3) is 0.318. The van der Waals surface area contributed by atoms with Gasteiger partial charge in [0, 0.05) is 20.0 Å². The first kappa shape index (κ1) is 21.3. The van der Waals surface area contributed by atoms with Gasteiger partial charge in [-0.3, -0.25) is 9.59 Å². The van der Waals surface area contributed by atoms with Crippen molar-refractivity contribution in [2.75, 3.05) is 19.2 Å². The third-order valence-electron chi connectivity index (χ3n) is 5.92. The van der Waals surface area contributed by atoms with Crippen LogP contribution in [-0.2, 0) is 21.5 Å². The van der Waals surface area contributed by atoms with E-state index in [1.54, 1.807) is 24.9 Å². The lowest BCUT2D eigenvalue weighted by molar-refractivity contribution is -0.137. The number of aromatic hydroxyl groups is 2. The van der Waals surface area contributed by atoms with E-state index in [-0.39, 0.29) is 25.5 Å². The Morgan fingerprint density at radius 1 is 1.19 bits per heavy atom. The second kappa shape index (κ2) is 7.63. The van der Waals surface area contributed by atoms with Crippen molar-refractivity contribution in [2.24, 2.45) is 0 Å². The standard InChI is InChI=1S/C22H22N2O8/c1-22(6-5-17(26)23-18-14(25)4-3-12(19(18)27)20(28)29)13-8-16-15(31-10-32-16)7-11(13)9-24(2)21(22)30/h3-4,7-8,25,27H,5-6,9-10H2,1-2H3,(H,23,26)(H,28,29). The van der Waals surface area contributed by atoms with Gasteiger partial charge in [-0.05, 0) is 48.7 Å². The predicted molar refractivity (Wildman–Crippen MR) is 111 cm³/mol. The number of phenolic OH excluding ortho intramolecular Hbond substituents is 1. The number of carboxylic acid groups (broad SMARTS) is 1. The minimum absolute atomic E-state index is 0.101. The van der Waals surface area contributed by atoms with Crippen molar-refractivity contribution in [1.29, 1.82) is 0 Å². The molecule has 0 aliphatic carbocycles. The van der Waals surface area contributed by atoms with Crippen LogP contribution in [0.5, 0.6) is 23.0 Å². The lowest BCUT2D eigenvalue weighted by Gasteiger charge is -2.39. The summed E-state index contributed by atoms with van der Waals surface area (Å²) in [7, 11) is 1.68. The highest BCUT2D eigenvalue weighted by molar-refractivity contribution is 6.00. The zero-order chi connectivity index (χ0) is 23.2. The van der Waals surface area contributed by atoms with Gasteiger partial charge in [-0.25, -0.2) is 4.79 Å². The molecule has 10 heteroatoms. The molecule has 0 spiro atoms. The lowest BCUT2D eigenvalue weighted by Crippen LogP contribution is -2.48. The van der Waals surface area contributed by atoms with Crippen LogP contribution < -0.4 is 14.8 Å². The van der Waals surface area contributed by atoms with Gasteiger partial charge in [-0.1, -0.05) is 0 Å². The minimum Gasteiger partial charge on any atom is -0.506 e. The van der Waals surface area contributed by atoms with Crippen molar-refractivity contribution in [3.63, 3.8) is 0 Å². The van der Waals surface area contributed by atoms with Gasteiger partial charge in [0.05, 0.1) is 5.41 Å². The molecular weight excluding hydrogens is 420 g/mol. The summed E-state index contributed by atoms with van der Waals surface area (Å²) in [6.07, 6.45) is 0.00887. The van der Waals surface area contributed by atoms with Gasteiger partial charge >= 0.3 is 5.97 Å². The van der Waals surface area contributed by atoms with Crippen molar-refractivity contribution < 1.29 is 39.2 Å². The molecule has 2 amide bonds. The van der Waals surface area contributed by atoms with Gasteiger partial charge in [0.15, 0.2) is 17.2 Å². The average Bonchev–Trinajstić information content (AvgIpc) is 3.20. The summed E-state index contributed by atoms with van der Waals surface area (Å²) in [4.78, 5) is 38.5. The fourth-order valence-corrected chi connectivity index (χ4v) is 4.18. The number of ether oxygens (including phenoxy) is 2. The molecule has 168 valence electrons. The molecular formula is C22H22N2O8. The highest BCUT2D eigenvalue weighted by Crippen LogP contribution is 2.44. The maximum atomic E-state index is 13.1. The van der Waals surface area contributed by atoms with Gasteiger partial charge in [-0.15, -0.1) is 0 Å². The molecule has 0 aromatic heterocycles. The van der Waals surface area contributed by atoms with Crippen LogP contribution in [-0.4, -0.2) is 51.8 Å². The Hall–Kier alpha value is -3.95. The number of hydrogen-bond acceptors (Lipinski definition) is 7. The number of rotatable bonds is 5. The van der Waals surface area contributed by atoms with Gasteiger partial charge in [0.1, 0.15) is 17.0 Å². The quantitative estimate of drug-likeness (QED) is 0.516. The van der Waals surface area contributed by atoms with Crippen LogP contribution in [0.4, 0.5) is 5.69 Å². The molecule has 0 radical (unpaired) electrons. The zero-order valence-electron chi connectivity index (χ0n) is 17.5. The third-order valence-corrected chi connectivity index (χ3v) is 5.92. The van der Waals surface area contributed by atoms with E-state index in [9.17, 15) is 24.6 Å². The molecule has 0 fully saturated rings. The van der Waals surface area contributed by atoms with E-state index in [4.69, 9.17) is 14.6 Å². The number of nitrogens with zero attached hydrogens (tertiary/aromatic N) is 1. The monoisotopic (exact) mass is 442 g/mol. The van der Waals surface area contributed by atoms with Crippen LogP contribution in [0.1, 0.15) is 41.3 Å². The summed E-state index contributed by atoms with van der Waals surface area (Å²) in [5, 5.41) is 31.5. The summed E-state index contributed by atoms with van der Waals surface area (Å²) in [6.45, 7) is 2.25. The minimum atomic E-state index is -1.41. The Morgan fingerprint density at radius 2 is 1.88 bits per heavy atom. The van der Waals surface area contributed by atoms with E-state index in [1.807, 2.05) is 6.07 Å². The van der Waals surface area contributed by atoms with Crippen molar-refractivity contribution in [1.82, 2.24) is 4.90 Å². The molecule has 2 aliphatic rings. The number of hydrogen-bond donors (Lipinski definition) is 4. The van der Waals surface area contributed by atoms with Crippen LogP contribution in [0.15, 0.2) is 24.3 Å². The smallest absolute Gasteiger partial charge is 0.339 e. The molecule has 0 saturated heterocycles. The number of fused-ring (bicyclic) bond motifs is 2. The highest BCUT2D eigenvalue weighted by atomic mass is 16.7. The molecule has 2 heterocycles. The average molecular weight is 442 g/mol. The molecule has 32 heavy (non-hydrogen) atoms. The Kier molecular flexibility index (Phi) is 5.08. The number of aromatic carboxylic acids is 1. The Balaban J connectivity index is 1.58. The molecule has 10 nitrogen and oxygen atoms in total. The fourth-order valence-electron chi connectivity index (χ4n) is 4.18. The second-order valence-corrected chi connectivity index (χ2v) is 8.07. The van der Waals surface area contributed by atoms with Crippen LogP contribution >= 0.6 is 0 Å². The highest BCUT2D eigenvalue weighted by Gasteiger charge is 2.43. The number of phenols is 2. The van der Waals surface area contributed by atoms with E-state index < -0.39 is 40.0 Å². The first-order chi connectivity index (χ1) is 15.1. The van der Waals surface area contributed by atoms with Gasteiger partial charge < -0.3 is 35.0 Å². The van der Waals surface area contributed by atoms with Crippen LogP contribution in [0, 0.1) is 0 Å². The largest absolute Gasteiger partial charge is 0.506 e. The Morgan fingerprint density at radius 3 is 2.56 bits per heavy atom. The summed E-state index contributed by atoms with van der Waals surface area (Å²) in [6, 6.07) is 5.71. The molecule has 2 aromatic rings. The normalized spacial score (nSPS) is 18.9. The zero-order valence-corrected chi connectivity index (χ0v) is 17.5. The second-order valence-electron chi connectivity index (χ2n) is 8.07. The Bertz CT molecular complexity index is 1150. The van der Waals surface area contributed by atoms with Crippen molar-refractivity contribution in [2.45, 2.75) is 31.7 Å². The van der Waals surface area contributed by atoms with Gasteiger partial charge in [0.2, 0.25) is 18.6 Å². The van der Waals surface area contributed by atoms with Crippen LogP contribution in [0.2, 0.25) is 0 Å².